The largest absolute Gasteiger partial charge is 0.394 e. The van der Waals surface area contributed by atoms with Crippen molar-refractivity contribution in [3.63, 3.8) is 0 Å². The van der Waals surface area contributed by atoms with Crippen LogP contribution >= 0.6 is 0 Å². The molecule has 3 heteroatoms. The van der Waals surface area contributed by atoms with E-state index in [-0.39, 0.29) is 17.6 Å². The van der Waals surface area contributed by atoms with Crippen molar-refractivity contribution < 1.29 is 9.90 Å². The molecular weight excluding hydrogens is 202 g/mol. The van der Waals surface area contributed by atoms with E-state index in [4.69, 9.17) is 0 Å². The van der Waals surface area contributed by atoms with E-state index < -0.39 is 0 Å². The second-order valence-corrected chi connectivity index (χ2v) is 5.87. The Bertz CT molecular complexity index is 232. The lowest BCUT2D eigenvalue weighted by atomic mass is 9.74. The molecule has 1 N–H and O–H groups in total. The second-order valence-electron chi connectivity index (χ2n) is 5.87. The summed E-state index contributed by atoms with van der Waals surface area (Å²) in [5.41, 5.74) is -0.410. The molecule has 3 nitrogen and oxygen atoms in total. The molecule has 1 saturated carbocycles. The molecule has 0 atom stereocenters. The SMILES string of the molecule is CN(CC1(C=O)CCCCC1)C(C)(C)CO. The number of hydrogen-bond acceptors (Lipinski definition) is 3. The molecule has 0 heterocycles. The summed E-state index contributed by atoms with van der Waals surface area (Å²) in [6.07, 6.45) is 6.72. The van der Waals surface area contributed by atoms with E-state index in [9.17, 15) is 9.90 Å². The third-order valence-electron chi connectivity index (χ3n) is 4.07. The zero-order valence-electron chi connectivity index (χ0n) is 10.8. The topological polar surface area (TPSA) is 40.5 Å². The Morgan fingerprint density at radius 1 is 1.31 bits per heavy atom. The fraction of sp³-hybridized carbons (Fsp3) is 0.923. The lowest BCUT2D eigenvalue weighted by molar-refractivity contribution is -0.120. The quantitative estimate of drug-likeness (QED) is 0.729. The van der Waals surface area contributed by atoms with Crippen LogP contribution < -0.4 is 0 Å². The second kappa shape index (κ2) is 5.28. The molecule has 0 saturated heterocycles. The maximum absolute atomic E-state index is 11.3. The number of carbonyl (C=O) groups is 1. The van der Waals surface area contributed by atoms with Gasteiger partial charge in [0.1, 0.15) is 6.29 Å². The highest BCUT2D eigenvalue weighted by Gasteiger charge is 2.36. The average Bonchev–Trinajstić information content (AvgIpc) is 2.30. The van der Waals surface area contributed by atoms with Gasteiger partial charge in [0.2, 0.25) is 0 Å². The standard InChI is InChI=1S/C13H25NO2/c1-12(2,10-15)14(3)9-13(11-16)7-5-4-6-8-13/h11,15H,4-10H2,1-3H3. The Balaban J connectivity index is 2.65. The summed E-state index contributed by atoms with van der Waals surface area (Å²) in [5, 5.41) is 9.32. The normalized spacial score (nSPS) is 21.1. The maximum atomic E-state index is 11.3. The van der Waals surface area contributed by atoms with Crippen LogP contribution in [0, 0.1) is 5.41 Å². The van der Waals surface area contributed by atoms with E-state index in [1.165, 1.54) is 6.42 Å². The summed E-state index contributed by atoms with van der Waals surface area (Å²) in [6.45, 7) is 4.91. The summed E-state index contributed by atoms with van der Waals surface area (Å²) in [5.74, 6) is 0. The van der Waals surface area contributed by atoms with Crippen molar-refractivity contribution in [2.75, 3.05) is 20.2 Å². The van der Waals surface area contributed by atoms with Crippen LogP contribution in [0.4, 0.5) is 0 Å². The maximum Gasteiger partial charge on any atom is 0.127 e. The Hall–Kier alpha value is -0.410. The summed E-state index contributed by atoms with van der Waals surface area (Å²) >= 11 is 0. The number of rotatable bonds is 5. The lowest BCUT2D eigenvalue weighted by Gasteiger charge is -2.41. The van der Waals surface area contributed by atoms with Gasteiger partial charge in [0.25, 0.3) is 0 Å². The molecular formula is C13H25NO2. The molecule has 1 aliphatic rings. The van der Waals surface area contributed by atoms with E-state index in [2.05, 4.69) is 4.90 Å². The third kappa shape index (κ3) is 3.05. The van der Waals surface area contributed by atoms with Gasteiger partial charge in [0.15, 0.2) is 0 Å². The van der Waals surface area contributed by atoms with Crippen molar-refractivity contribution in [3.05, 3.63) is 0 Å². The first-order chi connectivity index (χ1) is 7.46. The van der Waals surface area contributed by atoms with Crippen LogP contribution in [-0.2, 0) is 4.79 Å². The van der Waals surface area contributed by atoms with Crippen molar-refractivity contribution in [2.24, 2.45) is 5.41 Å². The first kappa shape index (κ1) is 13.7. The first-order valence-corrected chi connectivity index (χ1v) is 6.24. The van der Waals surface area contributed by atoms with E-state index in [0.717, 1.165) is 38.5 Å². The molecule has 0 spiro atoms. The van der Waals surface area contributed by atoms with Crippen molar-refractivity contribution in [3.8, 4) is 0 Å². The number of likely N-dealkylation sites (N-methyl/N-ethyl adjacent to an activating group) is 1. The fourth-order valence-corrected chi connectivity index (χ4v) is 2.38. The molecule has 1 fully saturated rings. The summed E-state index contributed by atoms with van der Waals surface area (Å²) in [7, 11) is 2.00. The zero-order valence-corrected chi connectivity index (χ0v) is 10.8. The van der Waals surface area contributed by atoms with Crippen LogP contribution in [0.25, 0.3) is 0 Å². The van der Waals surface area contributed by atoms with Gasteiger partial charge in [-0.3, -0.25) is 4.90 Å². The van der Waals surface area contributed by atoms with Crippen LogP contribution in [0.3, 0.4) is 0 Å². The molecule has 0 radical (unpaired) electrons. The molecule has 0 bridgehead atoms. The average molecular weight is 227 g/mol. The van der Waals surface area contributed by atoms with E-state index in [0.29, 0.717) is 0 Å². The van der Waals surface area contributed by atoms with Crippen LogP contribution in [0.15, 0.2) is 0 Å². The molecule has 0 aliphatic heterocycles. The van der Waals surface area contributed by atoms with Gasteiger partial charge in [-0.05, 0) is 33.7 Å². The highest BCUT2D eigenvalue weighted by Crippen LogP contribution is 2.36. The predicted molar refractivity (Wildman–Crippen MR) is 65.4 cm³/mol. The highest BCUT2D eigenvalue weighted by molar-refractivity contribution is 5.60. The fourth-order valence-electron chi connectivity index (χ4n) is 2.38. The Morgan fingerprint density at radius 3 is 2.31 bits per heavy atom. The molecule has 0 aromatic carbocycles. The number of aldehydes is 1. The minimum Gasteiger partial charge on any atom is -0.394 e. The Labute approximate surface area is 98.8 Å². The Morgan fingerprint density at radius 2 is 1.88 bits per heavy atom. The number of hydrogen-bond donors (Lipinski definition) is 1. The molecule has 94 valence electrons. The van der Waals surface area contributed by atoms with Crippen LogP contribution in [0.2, 0.25) is 0 Å². The van der Waals surface area contributed by atoms with Gasteiger partial charge in [-0.15, -0.1) is 0 Å². The smallest absolute Gasteiger partial charge is 0.127 e. The number of aliphatic hydroxyl groups excluding tert-OH is 1. The Kier molecular flexibility index (Phi) is 4.51. The van der Waals surface area contributed by atoms with Gasteiger partial charge in [0.05, 0.1) is 6.61 Å². The van der Waals surface area contributed by atoms with Gasteiger partial charge in [-0.2, -0.15) is 0 Å². The molecule has 1 rings (SSSR count). The minimum absolute atomic E-state index is 0.123. The van der Waals surface area contributed by atoms with Gasteiger partial charge in [0, 0.05) is 17.5 Å². The van der Waals surface area contributed by atoms with Gasteiger partial charge < -0.3 is 9.90 Å². The van der Waals surface area contributed by atoms with Crippen molar-refractivity contribution in [1.82, 2.24) is 4.90 Å². The molecule has 0 aromatic rings. The summed E-state index contributed by atoms with van der Waals surface area (Å²) < 4.78 is 0. The van der Waals surface area contributed by atoms with Crippen molar-refractivity contribution in [1.29, 1.82) is 0 Å². The monoisotopic (exact) mass is 227 g/mol. The van der Waals surface area contributed by atoms with E-state index >= 15 is 0 Å². The molecule has 0 aromatic heterocycles. The third-order valence-corrected chi connectivity index (χ3v) is 4.07. The van der Waals surface area contributed by atoms with Gasteiger partial charge in [-0.1, -0.05) is 19.3 Å². The number of aliphatic hydroxyl groups is 1. The van der Waals surface area contributed by atoms with Crippen molar-refractivity contribution in [2.45, 2.75) is 51.5 Å². The zero-order chi connectivity index (χ0) is 12.2. The first-order valence-electron chi connectivity index (χ1n) is 6.24. The van der Waals surface area contributed by atoms with Crippen LogP contribution in [-0.4, -0.2) is 42.0 Å². The number of nitrogens with zero attached hydrogens (tertiary/aromatic N) is 1. The summed E-state index contributed by atoms with van der Waals surface area (Å²) in [4.78, 5) is 13.5. The van der Waals surface area contributed by atoms with Gasteiger partial charge >= 0.3 is 0 Å². The lowest BCUT2D eigenvalue weighted by Crippen LogP contribution is -2.50. The molecule has 16 heavy (non-hydrogen) atoms. The van der Waals surface area contributed by atoms with Crippen LogP contribution in [0.5, 0.6) is 0 Å². The molecule has 0 amide bonds. The summed E-state index contributed by atoms with van der Waals surface area (Å²) in [6, 6.07) is 0. The molecule has 1 aliphatic carbocycles. The van der Waals surface area contributed by atoms with E-state index in [1.54, 1.807) is 0 Å². The predicted octanol–water partition coefficient (Wildman–Crippen LogP) is 1.84. The number of carbonyl (C=O) groups excluding carboxylic acids is 1. The van der Waals surface area contributed by atoms with E-state index in [1.807, 2.05) is 20.9 Å². The van der Waals surface area contributed by atoms with Crippen LogP contribution in [0.1, 0.15) is 46.0 Å². The highest BCUT2D eigenvalue weighted by atomic mass is 16.3. The van der Waals surface area contributed by atoms with Crippen molar-refractivity contribution >= 4 is 6.29 Å². The van der Waals surface area contributed by atoms with Gasteiger partial charge in [-0.25, -0.2) is 0 Å². The minimum atomic E-state index is -0.243. The molecule has 0 unspecified atom stereocenters.